The molecule has 196 valence electrons. The average molecular weight is 606 g/mol. The van der Waals surface area contributed by atoms with Crippen LogP contribution in [0.5, 0.6) is 5.75 Å². The summed E-state index contributed by atoms with van der Waals surface area (Å²) in [4.78, 5) is 28.2. The Bertz CT molecular complexity index is 1230. The van der Waals surface area contributed by atoms with Crippen LogP contribution in [-0.2, 0) is 28.0 Å². The van der Waals surface area contributed by atoms with E-state index in [9.17, 15) is 9.59 Å². The third-order valence-corrected chi connectivity index (χ3v) is 7.38. The first-order valence-electron chi connectivity index (χ1n) is 11.9. The predicted molar refractivity (Wildman–Crippen MR) is 153 cm³/mol. The van der Waals surface area contributed by atoms with Gasteiger partial charge in [-0.1, -0.05) is 86.4 Å². The lowest BCUT2D eigenvalue weighted by Gasteiger charge is -2.31. The molecular formula is C29H31BrCl2N2O3. The van der Waals surface area contributed by atoms with Gasteiger partial charge in [0.2, 0.25) is 5.91 Å². The third-order valence-electron chi connectivity index (χ3n) is 6.06. The maximum Gasteiger partial charge on any atom is 0.261 e. The van der Waals surface area contributed by atoms with Gasteiger partial charge in [-0.25, -0.2) is 0 Å². The van der Waals surface area contributed by atoms with Gasteiger partial charge < -0.3 is 15.0 Å². The maximum atomic E-state index is 13.7. The van der Waals surface area contributed by atoms with E-state index in [-0.39, 0.29) is 30.4 Å². The molecule has 0 aliphatic carbocycles. The van der Waals surface area contributed by atoms with Gasteiger partial charge in [-0.2, -0.15) is 0 Å². The van der Waals surface area contributed by atoms with E-state index in [1.165, 1.54) is 4.90 Å². The number of carbonyl (C=O) groups is 2. The number of nitrogens with zero attached hydrogens (tertiary/aromatic N) is 1. The first-order valence-corrected chi connectivity index (χ1v) is 13.5. The number of amides is 2. The number of hydrogen-bond donors (Lipinski definition) is 1. The number of halogens is 3. The summed E-state index contributed by atoms with van der Waals surface area (Å²) in [5.74, 6) is -0.125. The fraction of sp³-hybridized carbons (Fsp3) is 0.310. The van der Waals surface area contributed by atoms with Crippen molar-refractivity contribution >= 4 is 50.9 Å². The molecule has 0 saturated heterocycles. The van der Waals surface area contributed by atoms with E-state index in [2.05, 4.69) is 42.0 Å². The molecule has 1 atom stereocenters. The molecule has 0 saturated carbocycles. The average Bonchev–Trinajstić information content (AvgIpc) is 2.86. The van der Waals surface area contributed by atoms with Crippen LogP contribution in [0, 0.1) is 0 Å². The minimum Gasteiger partial charge on any atom is -0.483 e. The Balaban J connectivity index is 1.92. The Morgan fingerprint density at radius 1 is 1.00 bits per heavy atom. The Morgan fingerprint density at radius 2 is 1.65 bits per heavy atom. The highest BCUT2D eigenvalue weighted by Gasteiger charge is 2.31. The van der Waals surface area contributed by atoms with Crippen molar-refractivity contribution < 1.29 is 14.3 Å². The fourth-order valence-corrected chi connectivity index (χ4v) is 4.89. The molecule has 0 bridgehead atoms. The molecule has 37 heavy (non-hydrogen) atoms. The van der Waals surface area contributed by atoms with Crippen molar-refractivity contribution in [3.05, 3.63) is 97.9 Å². The van der Waals surface area contributed by atoms with Gasteiger partial charge in [0.1, 0.15) is 11.8 Å². The van der Waals surface area contributed by atoms with Crippen molar-refractivity contribution in [2.45, 2.75) is 45.2 Å². The summed E-state index contributed by atoms with van der Waals surface area (Å²) in [5, 5.41) is 3.53. The van der Waals surface area contributed by atoms with Crippen molar-refractivity contribution in [3.8, 4) is 5.75 Å². The second-order valence-electron chi connectivity index (χ2n) is 9.73. The molecule has 8 heteroatoms. The Morgan fingerprint density at radius 3 is 2.22 bits per heavy atom. The summed E-state index contributed by atoms with van der Waals surface area (Å²) < 4.78 is 6.67. The maximum absolute atomic E-state index is 13.7. The number of likely N-dealkylation sites (N-methyl/N-ethyl adjacent to an activating group) is 1. The molecule has 3 aromatic carbocycles. The third kappa shape index (κ3) is 7.73. The van der Waals surface area contributed by atoms with Gasteiger partial charge in [-0.3, -0.25) is 9.59 Å². The molecule has 5 nitrogen and oxygen atoms in total. The number of ether oxygens (including phenoxy) is 1. The molecular weight excluding hydrogens is 575 g/mol. The lowest BCUT2D eigenvalue weighted by atomic mass is 9.87. The SMILES string of the molecule is CNC(=O)[C@H](Cc1ccccc1)N(Cc1c(Cl)cccc1Cl)C(=O)COc1ccc(C(C)(C)C)cc1Br. The summed E-state index contributed by atoms with van der Waals surface area (Å²) in [5.41, 5.74) is 2.59. The summed E-state index contributed by atoms with van der Waals surface area (Å²) >= 11 is 16.4. The number of carbonyl (C=O) groups excluding carboxylic acids is 2. The first kappa shape index (κ1) is 29.0. The molecule has 0 aliphatic rings. The first-order chi connectivity index (χ1) is 17.5. The zero-order chi connectivity index (χ0) is 27.2. The largest absolute Gasteiger partial charge is 0.483 e. The van der Waals surface area contributed by atoms with E-state index in [1.54, 1.807) is 25.2 Å². The van der Waals surface area contributed by atoms with E-state index in [0.717, 1.165) is 15.6 Å². The smallest absolute Gasteiger partial charge is 0.261 e. The van der Waals surface area contributed by atoms with Crippen LogP contribution < -0.4 is 10.1 Å². The summed E-state index contributed by atoms with van der Waals surface area (Å²) in [6.45, 7) is 6.17. The van der Waals surface area contributed by atoms with Gasteiger partial charge in [0.05, 0.1) is 4.47 Å². The van der Waals surface area contributed by atoms with Crippen molar-refractivity contribution in [1.82, 2.24) is 10.2 Å². The molecule has 0 spiro atoms. The molecule has 3 rings (SSSR count). The quantitative estimate of drug-likeness (QED) is 0.291. The molecule has 0 heterocycles. The van der Waals surface area contributed by atoms with Crippen LogP contribution in [0.25, 0.3) is 0 Å². The lowest BCUT2D eigenvalue weighted by Crippen LogP contribution is -2.51. The van der Waals surface area contributed by atoms with Gasteiger partial charge in [0.15, 0.2) is 6.61 Å². The normalized spacial score (nSPS) is 12.1. The second-order valence-corrected chi connectivity index (χ2v) is 11.4. The van der Waals surface area contributed by atoms with E-state index < -0.39 is 6.04 Å². The predicted octanol–water partition coefficient (Wildman–Crippen LogP) is 6.82. The Labute approximate surface area is 237 Å². The topological polar surface area (TPSA) is 58.6 Å². The highest BCUT2D eigenvalue weighted by atomic mass is 79.9. The molecule has 0 radical (unpaired) electrons. The number of hydrogen-bond acceptors (Lipinski definition) is 3. The van der Waals surface area contributed by atoms with Crippen LogP contribution in [0.3, 0.4) is 0 Å². The molecule has 2 amide bonds. The van der Waals surface area contributed by atoms with Crippen molar-refractivity contribution in [2.75, 3.05) is 13.7 Å². The zero-order valence-electron chi connectivity index (χ0n) is 21.4. The molecule has 0 aromatic heterocycles. The summed E-state index contributed by atoms with van der Waals surface area (Å²) in [6, 6.07) is 19.7. The fourth-order valence-electron chi connectivity index (χ4n) is 3.88. The molecule has 3 aromatic rings. The molecule has 0 unspecified atom stereocenters. The van der Waals surface area contributed by atoms with Crippen molar-refractivity contribution in [3.63, 3.8) is 0 Å². The van der Waals surface area contributed by atoms with Crippen LogP contribution >= 0.6 is 39.1 Å². The van der Waals surface area contributed by atoms with Crippen LogP contribution in [0.15, 0.2) is 71.2 Å². The van der Waals surface area contributed by atoms with E-state index >= 15 is 0 Å². The monoisotopic (exact) mass is 604 g/mol. The lowest BCUT2D eigenvalue weighted by molar-refractivity contribution is -0.142. The highest BCUT2D eigenvalue weighted by Crippen LogP contribution is 2.32. The zero-order valence-corrected chi connectivity index (χ0v) is 24.5. The van der Waals surface area contributed by atoms with E-state index in [4.69, 9.17) is 27.9 Å². The van der Waals surface area contributed by atoms with Crippen LogP contribution in [0.4, 0.5) is 0 Å². The van der Waals surface area contributed by atoms with Gasteiger partial charge in [-0.05, 0) is 56.7 Å². The van der Waals surface area contributed by atoms with Crippen LogP contribution in [0.1, 0.15) is 37.5 Å². The number of nitrogens with one attached hydrogen (secondary N) is 1. The minimum atomic E-state index is -0.803. The highest BCUT2D eigenvalue weighted by molar-refractivity contribution is 9.10. The number of rotatable bonds is 9. The standard InChI is InChI=1S/C29H31BrCl2N2O3/c1-29(2,3)20-13-14-26(22(30)16-20)37-18-27(35)34(17-21-23(31)11-8-12-24(21)32)25(28(36)33-4)15-19-9-6-5-7-10-19/h5-14,16,25H,15,17-18H2,1-4H3,(H,33,36)/t25-/m0/s1. The molecule has 0 aliphatic heterocycles. The van der Waals surface area contributed by atoms with Gasteiger partial charge in [-0.15, -0.1) is 0 Å². The minimum absolute atomic E-state index is 0.0277. The van der Waals surface area contributed by atoms with Gasteiger partial charge in [0.25, 0.3) is 5.91 Å². The van der Waals surface area contributed by atoms with Crippen LogP contribution in [0.2, 0.25) is 10.0 Å². The Hall–Kier alpha value is -2.54. The van der Waals surface area contributed by atoms with Gasteiger partial charge in [0, 0.05) is 35.6 Å². The summed E-state index contributed by atoms with van der Waals surface area (Å²) in [6.07, 6.45) is 0.318. The number of benzene rings is 3. The van der Waals surface area contributed by atoms with Crippen molar-refractivity contribution in [2.24, 2.45) is 0 Å². The second kappa shape index (κ2) is 12.8. The Kier molecular flexibility index (Phi) is 10.0. The summed E-state index contributed by atoms with van der Waals surface area (Å²) in [7, 11) is 1.55. The van der Waals surface area contributed by atoms with Crippen LogP contribution in [-0.4, -0.2) is 36.4 Å². The van der Waals surface area contributed by atoms with E-state index in [0.29, 0.717) is 27.8 Å². The van der Waals surface area contributed by atoms with E-state index in [1.807, 2.05) is 48.5 Å². The molecule has 0 fully saturated rings. The molecule has 1 N–H and O–H groups in total. The van der Waals surface area contributed by atoms with Crippen molar-refractivity contribution in [1.29, 1.82) is 0 Å². The van der Waals surface area contributed by atoms with Gasteiger partial charge >= 0.3 is 0 Å².